The Balaban J connectivity index is 1.62. The molecule has 2 fully saturated rings. The zero-order valence-electron chi connectivity index (χ0n) is 9.15. The van der Waals surface area contributed by atoms with E-state index in [1.165, 1.54) is 44.2 Å². The summed E-state index contributed by atoms with van der Waals surface area (Å²) < 4.78 is 2.17. The molecule has 1 aliphatic heterocycles. The third kappa shape index (κ3) is 1.93. The van der Waals surface area contributed by atoms with Crippen LogP contribution in [0.3, 0.4) is 0 Å². The minimum absolute atomic E-state index is 0.698. The van der Waals surface area contributed by atoms with Crippen LogP contribution in [0.25, 0.3) is 0 Å². The van der Waals surface area contributed by atoms with Crippen molar-refractivity contribution in [3.05, 3.63) is 18.0 Å². The molecule has 2 heterocycles. The first-order valence-electron chi connectivity index (χ1n) is 6.18. The molecule has 0 amide bonds. The van der Waals surface area contributed by atoms with Gasteiger partial charge in [0.15, 0.2) is 0 Å². The highest BCUT2D eigenvalue weighted by molar-refractivity contribution is 5.08. The van der Waals surface area contributed by atoms with Crippen molar-refractivity contribution in [3.8, 4) is 0 Å². The van der Waals surface area contributed by atoms with Crippen LogP contribution in [0.1, 0.15) is 43.7 Å². The molecule has 1 unspecified atom stereocenters. The lowest BCUT2D eigenvalue weighted by Crippen LogP contribution is -2.23. The molecule has 0 radical (unpaired) electrons. The SMILES string of the molecule is c1nn(C2CCC2)cc1CC1CCCN1. The molecule has 3 heteroatoms. The van der Waals surface area contributed by atoms with Crippen LogP contribution in [0.15, 0.2) is 12.4 Å². The Kier molecular flexibility index (Phi) is 2.49. The van der Waals surface area contributed by atoms with Crippen LogP contribution in [0, 0.1) is 0 Å². The summed E-state index contributed by atoms with van der Waals surface area (Å²) in [6.45, 7) is 1.20. The number of nitrogens with one attached hydrogen (secondary N) is 1. The van der Waals surface area contributed by atoms with Gasteiger partial charge in [-0.05, 0) is 50.6 Å². The van der Waals surface area contributed by atoms with Gasteiger partial charge in [0.1, 0.15) is 0 Å². The highest BCUT2D eigenvalue weighted by Crippen LogP contribution is 2.30. The molecule has 82 valence electrons. The second-order valence-corrected chi connectivity index (χ2v) is 4.91. The molecule has 0 bridgehead atoms. The molecule has 0 aromatic carbocycles. The van der Waals surface area contributed by atoms with Crippen LogP contribution in [0.2, 0.25) is 0 Å². The lowest BCUT2D eigenvalue weighted by Gasteiger charge is -2.25. The van der Waals surface area contributed by atoms with Gasteiger partial charge in [-0.3, -0.25) is 4.68 Å². The molecule has 0 spiro atoms. The summed E-state index contributed by atoms with van der Waals surface area (Å²) in [4.78, 5) is 0. The predicted molar refractivity (Wildman–Crippen MR) is 59.8 cm³/mol. The fraction of sp³-hybridized carbons (Fsp3) is 0.750. The molecule has 15 heavy (non-hydrogen) atoms. The Bertz CT molecular complexity index is 321. The lowest BCUT2D eigenvalue weighted by atomic mass is 9.93. The van der Waals surface area contributed by atoms with E-state index in [2.05, 4.69) is 27.5 Å². The van der Waals surface area contributed by atoms with E-state index in [9.17, 15) is 0 Å². The predicted octanol–water partition coefficient (Wildman–Crippen LogP) is 1.90. The number of rotatable bonds is 3. The molecule has 1 saturated carbocycles. The molecule has 1 aromatic rings. The van der Waals surface area contributed by atoms with Gasteiger partial charge in [-0.25, -0.2) is 0 Å². The summed E-state index contributed by atoms with van der Waals surface area (Å²) in [6.07, 6.45) is 12.2. The van der Waals surface area contributed by atoms with E-state index in [-0.39, 0.29) is 0 Å². The maximum absolute atomic E-state index is 4.47. The first-order chi connectivity index (χ1) is 7.42. The van der Waals surface area contributed by atoms with Gasteiger partial charge in [0.05, 0.1) is 12.2 Å². The quantitative estimate of drug-likeness (QED) is 0.817. The zero-order valence-corrected chi connectivity index (χ0v) is 9.15. The van der Waals surface area contributed by atoms with Crippen molar-refractivity contribution < 1.29 is 0 Å². The molecular formula is C12H19N3. The van der Waals surface area contributed by atoms with E-state index < -0.39 is 0 Å². The normalized spacial score (nSPS) is 26.8. The Morgan fingerprint density at radius 1 is 1.33 bits per heavy atom. The van der Waals surface area contributed by atoms with Gasteiger partial charge in [0.2, 0.25) is 0 Å². The molecule has 1 aliphatic carbocycles. The molecule has 2 aliphatic rings. The third-order valence-electron chi connectivity index (χ3n) is 3.75. The second kappa shape index (κ2) is 3.97. The Hall–Kier alpha value is -0.830. The maximum atomic E-state index is 4.47. The van der Waals surface area contributed by atoms with E-state index in [0.717, 1.165) is 6.42 Å². The topological polar surface area (TPSA) is 29.9 Å². The van der Waals surface area contributed by atoms with Crippen LogP contribution < -0.4 is 5.32 Å². The molecule has 1 aromatic heterocycles. The second-order valence-electron chi connectivity index (χ2n) is 4.91. The molecule has 1 atom stereocenters. The van der Waals surface area contributed by atoms with E-state index >= 15 is 0 Å². The van der Waals surface area contributed by atoms with Gasteiger partial charge in [0.25, 0.3) is 0 Å². The summed E-state index contributed by atoms with van der Waals surface area (Å²) >= 11 is 0. The van der Waals surface area contributed by atoms with E-state index in [1.54, 1.807) is 0 Å². The first-order valence-corrected chi connectivity index (χ1v) is 6.18. The Morgan fingerprint density at radius 3 is 2.93 bits per heavy atom. The van der Waals surface area contributed by atoms with Gasteiger partial charge in [-0.2, -0.15) is 5.10 Å². The van der Waals surface area contributed by atoms with Crippen LogP contribution >= 0.6 is 0 Å². The highest BCUT2D eigenvalue weighted by Gasteiger charge is 2.21. The number of nitrogens with zero attached hydrogens (tertiary/aromatic N) is 2. The van der Waals surface area contributed by atoms with Crippen LogP contribution in [0.5, 0.6) is 0 Å². The van der Waals surface area contributed by atoms with Crippen LogP contribution in [0.4, 0.5) is 0 Å². The number of hydrogen-bond acceptors (Lipinski definition) is 2. The Labute approximate surface area is 90.9 Å². The summed E-state index contributed by atoms with van der Waals surface area (Å²) in [5, 5.41) is 8.00. The average Bonchev–Trinajstić information content (AvgIpc) is 2.75. The maximum Gasteiger partial charge on any atom is 0.0522 e. The average molecular weight is 205 g/mol. The molecule has 1 saturated heterocycles. The third-order valence-corrected chi connectivity index (χ3v) is 3.75. The molecule has 1 N–H and O–H groups in total. The zero-order chi connectivity index (χ0) is 10.1. The summed E-state index contributed by atoms with van der Waals surface area (Å²) in [5.41, 5.74) is 1.40. The smallest absolute Gasteiger partial charge is 0.0522 e. The number of aromatic nitrogens is 2. The summed E-state index contributed by atoms with van der Waals surface area (Å²) in [6, 6.07) is 1.40. The highest BCUT2D eigenvalue weighted by atomic mass is 15.3. The van der Waals surface area contributed by atoms with Crippen molar-refractivity contribution in [1.29, 1.82) is 0 Å². The van der Waals surface area contributed by atoms with Crippen LogP contribution in [-0.2, 0) is 6.42 Å². The standard InChI is InChI=1S/C12H19N3/c1-4-12(5-1)15-9-10(8-14-15)7-11-3-2-6-13-11/h8-9,11-13H,1-7H2. The van der Waals surface area contributed by atoms with E-state index in [4.69, 9.17) is 0 Å². The molecular weight excluding hydrogens is 186 g/mol. The van der Waals surface area contributed by atoms with Crippen molar-refractivity contribution in [2.24, 2.45) is 0 Å². The minimum Gasteiger partial charge on any atom is -0.314 e. The van der Waals surface area contributed by atoms with Gasteiger partial charge < -0.3 is 5.32 Å². The Morgan fingerprint density at radius 2 is 2.27 bits per heavy atom. The van der Waals surface area contributed by atoms with Crippen molar-refractivity contribution in [2.75, 3.05) is 6.54 Å². The summed E-state index contributed by atoms with van der Waals surface area (Å²) in [5.74, 6) is 0. The van der Waals surface area contributed by atoms with Crippen molar-refractivity contribution in [3.63, 3.8) is 0 Å². The lowest BCUT2D eigenvalue weighted by molar-refractivity contribution is 0.289. The monoisotopic (exact) mass is 205 g/mol. The van der Waals surface area contributed by atoms with Crippen LogP contribution in [-0.4, -0.2) is 22.4 Å². The summed E-state index contributed by atoms with van der Waals surface area (Å²) in [7, 11) is 0. The largest absolute Gasteiger partial charge is 0.314 e. The van der Waals surface area contributed by atoms with E-state index in [1.807, 2.05) is 0 Å². The van der Waals surface area contributed by atoms with Crippen molar-refractivity contribution >= 4 is 0 Å². The van der Waals surface area contributed by atoms with Gasteiger partial charge in [-0.15, -0.1) is 0 Å². The number of hydrogen-bond donors (Lipinski definition) is 1. The fourth-order valence-electron chi connectivity index (χ4n) is 2.55. The van der Waals surface area contributed by atoms with Crippen molar-refractivity contribution in [2.45, 2.75) is 50.6 Å². The first kappa shape index (κ1) is 9.40. The minimum atomic E-state index is 0.698. The molecule has 3 rings (SSSR count). The fourth-order valence-corrected chi connectivity index (χ4v) is 2.55. The van der Waals surface area contributed by atoms with Gasteiger partial charge in [0, 0.05) is 12.2 Å². The van der Waals surface area contributed by atoms with Gasteiger partial charge >= 0.3 is 0 Å². The van der Waals surface area contributed by atoms with Gasteiger partial charge in [-0.1, -0.05) is 0 Å². The van der Waals surface area contributed by atoms with E-state index in [0.29, 0.717) is 12.1 Å². The molecule has 3 nitrogen and oxygen atoms in total. The van der Waals surface area contributed by atoms with Crippen molar-refractivity contribution in [1.82, 2.24) is 15.1 Å².